The number of carbonyl (C=O) groups excluding carboxylic acids is 1. The smallest absolute Gasteiger partial charge is 0.261 e. The highest BCUT2D eigenvalue weighted by molar-refractivity contribution is 6.31. The lowest BCUT2D eigenvalue weighted by Crippen LogP contribution is -2.28. The van der Waals surface area contributed by atoms with E-state index in [1.807, 2.05) is 6.92 Å². The molecule has 0 spiro atoms. The Morgan fingerprint density at radius 3 is 2.43 bits per heavy atom. The number of nitrogens with zero attached hydrogens (tertiary/aromatic N) is 3. The molecule has 0 radical (unpaired) electrons. The van der Waals surface area contributed by atoms with E-state index in [0.29, 0.717) is 35.2 Å². The lowest BCUT2D eigenvalue weighted by atomic mass is 10.1. The van der Waals surface area contributed by atoms with Gasteiger partial charge in [0.15, 0.2) is 0 Å². The van der Waals surface area contributed by atoms with Gasteiger partial charge in [0.1, 0.15) is 17.1 Å². The molecule has 7 heteroatoms. The zero-order valence-corrected chi connectivity index (χ0v) is 14.4. The molecule has 1 heterocycles. The van der Waals surface area contributed by atoms with Gasteiger partial charge in [-0.3, -0.25) is 9.48 Å². The van der Waals surface area contributed by atoms with Crippen molar-refractivity contribution in [3.63, 3.8) is 0 Å². The van der Waals surface area contributed by atoms with Crippen molar-refractivity contribution in [2.75, 3.05) is 21.3 Å². The number of carbonyl (C=O) groups is 1. The molecule has 124 valence electrons. The summed E-state index contributed by atoms with van der Waals surface area (Å²) in [6.45, 7) is 2.99. The summed E-state index contributed by atoms with van der Waals surface area (Å²) in [4.78, 5) is 14.4. The van der Waals surface area contributed by atoms with E-state index in [4.69, 9.17) is 21.1 Å². The lowest BCUT2D eigenvalue weighted by molar-refractivity contribution is 0.0774. The molecule has 0 bridgehead atoms. The van der Waals surface area contributed by atoms with Gasteiger partial charge in [0.2, 0.25) is 0 Å². The minimum atomic E-state index is -0.209. The number of aromatic nitrogens is 2. The molecule has 0 aliphatic heterocycles. The topological polar surface area (TPSA) is 56.6 Å². The molecule has 0 fully saturated rings. The maximum atomic E-state index is 12.8. The van der Waals surface area contributed by atoms with Crippen LogP contribution in [0.5, 0.6) is 11.5 Å². The maximum Gasteiger partial charge on any atom is 0.261 e. The number of methoxy groups -OCH3 is 2. The zero-order chi connectivity index (χ0) is 17.0. The fraction of sp³-hybridized carbons (Fsp3) is 0.375. The Labute approximate surface area is 140 Å². The molecule has 1 aromatic carbocycles. The first kappa shape index (κ1) is 17.1. The molecule has 23 heavy (non-hydrogen) atoms. The second kappa shape index (κ2) is 7.37. The summed E-state index contributed by atoms with van der Waals surface area (Å²) in [6, 6.07) is 5.23. The largest absolute Gasteiger partial charge is 0.496 e. The Bertz CT molecular complexity index is 678. The molecular formula is C16H20ClN3O3. The van der Waals surface area contributed by atoms with Gasteiger partial charge in [0, 0.05) is 13.6 Å². The van der Waals surface area contributed by atoms with Crippen LogP contribution >= 0.6 is 11.6 Å². The van der Waals surface area contributed by atoms with Crippen molar-refractivity contribution < 1.29 is 14.3 Å². The molecule has 0 atom stereocenters. The van der Waals surface area contributed by atoms with Gasteiger partial charge in [-0.15, -0.1) is 0 Å². The molecule has 0 N–H and O–H groups in total. The van der Waals surface area contributed by atoms with Gasteiger partial charge in [-0.05, 0) is 19.1 Å². The Morgan fingerprint density at radius 2 is 1.91 bits per heavy atom. The Hall–Kier alpha value is -2.21. The number of hydrogen-bond donors (Lipinski definition) is 0. The Balaban J connectivity index is 2.32. The number of amides is 1. The molecule has 0 unspecified atom stereocenters. The average Bonchev–Trinajstić information content (AvgIpc) is 2.93. The van der Waals surface area contributed by atoms with Crippen LogP contribution in [-0.2, 0) is 13.1 Å². The second-order valence-corrected chi connectivity index (χ2v) is 5.36. The van der Waals surface area contributed by atoms with Crippen LogP contribution in [0.1, 0.15) is 23.0 Å². The van der Waals surface area contributed by atoms with E-state index in [1.54, 1.807) is 41.0 Å². The highest BCUT2D eigenvalue weighted by Crippen LogP contribution is 2.30. The lowest BCUT2D eigenvalue weighted by Gasteiger charge is -2.21. The van der Waals surface area contributed by atoms with Crippen LogP contribution in [0.15, 0.2) is 24.4 Å². The first-order valence-corrected chi connectivity index (χ1v) is 7.57. The van der Waals surface area contributed by atoms with E-state index in [1.165, 1.54) is 14.2 Å². The van der Waals surface area contributed by atoms with Crippen molar-refractivity contribution in [1.82, 2.24) is 14.7 Å². The summed E-state index contributed by atoms with van der Waals surface area (Å²) in [7, 11) is 4.75. The minimum absolute atomic E-state index is 0.209. The van der Waals surface area contributed by atoms with Crippen LogP contribution in [0.25, 0.3) is 0 Å². The highest BCUT2D eigenvalue weighted by atomic mass is 35.5. The number of benzene rings is 1. The first-order chi connectivity index (χ1) is 11.0. The molecule has 2 aromatic rings. The number of hydrogen-bond acceptors (Lipinski definition) is 4. The molecule has 6 nitrogen and oxygen atoms in total. The van der Waals surface area contributed by atoms with Crippen LogP contribution in [0, 0.1) is 0 Å². The second-order valence-electron chi connectivity index (χ2n) is 4.95. The Kier molecular flexibility index (Phi) is 5.50. The van der Waals surface area contributed by atoms with Crippen LogP contribution in [-0.4, -0.2) is 41.9 Å². The van der Waals surface area contributed by atoms with E-state index in [-0.39, 0.29) is 5.91 Å². The molecule has 0 aliphatic carbocycles. The fourth-order valence-corrected chi connectivity index (χ4v) is 2.57. The van der Waals surface area contributed by atoms with Crippen molar-refractivity contribution in [3.8, 4) is 11.5 Å². The summed E-state index contributed by atoms with van der Waals surface area (Å²) < 4.78 is 12.4. The number of aryl methyl sites for hydroxylation is 1. The van der Waals surface area contributed by atoms with Gasteiger partial charge in [0.05, 0.1) is 37.7 Å². The molecular weight excluding hydrogens is 318 g/mol. The van der Waals surface area contributed by atoms with Crippen molar-refractivity contribution in [3.05, 3.63) is 40.7 Å². The summed E-state index contributed by atoms with van der Waals surface area (Å²) in [5.41, 5.74) is 1.18. The first-order valence-electron chi connectivity index (χ1n) is 7.20. The molecule has 1 aromatic heterocycles. The van der Waals surface area contributed by atoms with Crippen LogP contribution in [0.2, 0.25) is 5.02 Å². The third-order valence-corrected chi connectivity index (χ3v) is 3.89. The van der Waals surface area contributed by atoms with Crippen molar-refractivity contribution in [2.24, 2.45) is 0 Å². The van der Waals surface area contributed by atoms with E-state index in [9.17, 15) is 4.79 Å². The van der Waals surface area contributed by atoms with Gasteiger partial charge in [-0.1, -0.05) is 17.7 Å². The van der Waals surface area contributed by atoms with Crippen molar-refractivity contribution >= 4 is 17.5 Å². The number of rotatable bonds is 6. The number of halogens is 1. The minimum Gasteiger partial charge on any atom is -0.496 e. The molecule has 1 amide bonds. The highest BCUT2D eigenvalue weighted by Gasteiger charge is 2.23. The molecule has 0 aliphatic rings. The maximum absolute atomic E-state index is 12.8. The van der Waals surface area contributed by atoms with E-state index < -0.39 is 0 Å². The molecule has 2 rings (SSSR count). The summed E-state index contributed by atoms with van der Waals surface area (Å²) in [5, 5.41) is 4.72. The van der Waals surface area contributed by atoms with Gasteiger partial charge >= 0.3 is 0 Å². The van der Waals surface area contributed by atoms with E-state index in [0.717, 1.165) is 5.69 Å². The summed E-state index contributed by atoms with van der Waals surface area (Å²) in [5.74, 6) is 0.729. The average molecular weight is 338 g/mol. The monoisotopic (exact) mass is 337 g/mol. The fourth-order valence-electron chi connectivity index (χ4n) is 2.37. The SMILES string of the molecule is CCn1ncc(Cl)c1CN(C)C(=O)c1c(OC)cccc1OC. The van der Waals surface area contributed by atoms with Crippen molar-refractivity contribution in [1.29, 1.82) is 0 Å². The Morgan fingerprint density at radius 1 is 1.30 bits per heavy atom. The van der Waals surface area contributed by atoms with E-state index in [2.05, 4.69) is 5.10 Å². The quantitative estimate of drug-likeness (QED) is 0.813. The summed E-state index contributed by atoms with van der Waals surface area (Å²) >= 11 is 6.16. The van der Waals surface area contributed by atoms with Crippen LogP contribution < -0.4 is 9.47 Å². The standard InChI is InChI=1S/C16H20ClN3O3/c1-5-20-12(11(17)9-18-20)10-19(2)16(21)15-13(22-3)7-6-8-14(15)23-4/h6-9H,5,10H2,1-4H3. The predicted molar refractivity (Wildman–Crippen MR) is 88.3 cm³/mol. The van der Waals surface area contributed by atoms with E-state index >= 15 is 0 Å². The zero-order valence-electron chi connectivity index (χ0n) is 13.7. The van der Waals surface area contributed by atoms with Gasteiger partial charge in [-0.25, -0.2) is 0 Å². The third kappa shape index (κ3) is 3.42. The third-order valence-electron chi connectivity index (χ3n) is 3.57. The van der Waals surface area contributed by atoms with Crippen LogP contribution in [0.4, 0.5) is 0 Å². The predicted octanol–water partition coefficient (Wildman–Crippen LogP) is 2.85. The molecule has 0 saturated heterocycles. The van der Waals surface area contributed by atoms with Crippen molar-refractivity contribution in [2.45, 2.75) is 20.0 Å². The summed E-state index contributed by atoms with van der Waals surface area (Å²) in [6.07, 6.45) is 1.59. The normalized spacial score (nSPS) is 10.5. The van der Waals surface area contributed by atoms with Gasteiger partial charge in [-0.2, -0.15) is 5.10 Å². The van der Waals surface area contributed by atoms with Gasteiger partial charge in [0.25, 0.3) is 5.91 Å². The van der Waals surface area contributed by atoms with Crippen LogP contribution in [0.3, 0.4) is 0 Å². The molecule has 0 saturated carbocycles. The van der Waals surface area contributed by atoms with Gasteiger partial charge < -0.3 is 14.4 Å². The number of ether oxygens (including phenoxy) is 2.